The Morgan fingerprint density at radius 1 is 0.319 bits per heavy atom. The van der Waals surface area contributed by atoms with Gasteiger partial charge in [-0.05, 0) is 89.2 Å². The van der Waals surface area contributed by atoms with Crippen molar-refractivity contribution < 1.29 is 19.0 Å². The zero-order chi connectivity index (χ0) is 79.2. The molecule has 7 aromatic rings. The van der Waals surface area contributed by atoms with Gasteiger partial charge in [-0.2, -0.15) is 8.75 Å². The Bertz CT molecular complexity index is 3650. The lowest BCUT2D eigenvalue weighted by atomic mass is 9.81. The fraction of sp³-hybridized carbons (Fsp3) is 0.750. The summed E-state index contributed by atoms with van der Waals surface area (Å²) in [7, 11) is 1.82. The largest absolute Gasteiger partial charge is 0.487 e. The van der Waals surface area contributed by atoms with Crippen LogP contribution in [-0.4, -0.2) is 32.1 Å². The summed E-state index contributed by atoms with van der Waals surface area (Å²) >= 11 is 8.54. The number of hydrogen-bond acceptors (Lipinski definition) is 13. The van der Waals surface area contributed by atoms with Crippen molar-refractivity contribution in [2.45, 2.75) is 477 Å². The first-order chi connectivity index (χ1) is 55.8. The van der Waals surface area contributed by atoms with Crippen molar-refractivity contribution in [3.8, 4) is 57.0 Å². The van der Waals surface area contributed by atoms with E-state index in [-0.39, 0.29) is 0 Å². The van der Waals surface area contributed by atoms with Gasteiger partial charge in [-0.3, -0.25) is 4.79 Å². The fourth-order valence-corrected chi connectivity index (χ4v) is 23.8. The third kappa shape index (κ3) is 29.3. The molecule has 1 aromatic carbocycles. The maximum absolute atomic E-state index is 13.0. The van der Waals surface area contributed by atoms with Gasteiger partial charge in [-0.1, -0.05) is 400 Å². The number of benzene rings is 1. The molecule has 0 bridgehead atoms. The highest BCUT2D eigenvalue weighted by Crippen LogP contribution is 2.61. The van der Waals surface area contributed by atoms with Crippen LogP contribution in [0.1, 0.15) is 485 Å². The monoisotopic (exact) mass is 1640 g/mol. The van der Waals surface area contributed by atoms with Gasteiger partial charge in [-0.25, -0.2) is 9.97 Å². The van der Waals surface area contributed by atoms with Crippen LogP contribution in [-0.2, 0) is 24.0 Å². The summed E-state index contributed by atoms with van der Waals surface area (Å²) in [6, 6.07) is 9.40. The maximum atomic E-state index is 13.0. The molecular formula is C100H158N4O4S5. The lowest BCUT2D eigenvalue weighted by Gasteiger charge is -2.38. The zero-order valence-electron chi connectivity index (χ0n) is 73.0. The minimum absolute atomic E-state index is 0.482. The number of hydrogen-bond donors (Lipinski definition) is 0. The van der Waals surface area contributed by atoms with Gasteiger partial charge < -0.3 is 14.2 Å². The second-order valence-electron chi connectivity index (χ2n) is 34.9. The molecule has 13 heteroatoms. The number of rotatable bonds is 70. The minimum Gasteiger partial charge on any atom is -0.487 e. The lowest BCUT2D eigenvalue weighted by molar-refractivity contribution is 0.0394. The third-order valence-electron chi connectivity index (χ3n) is 25.4. The van der Waals surface area contributed by atoms with Crippen molar-refractivity contribution in [1.29, 1.82) is 0 Å². The van der Waals surface area contributed by atoms with Gasteiger partial charge in [0.1, 0.15) is 44.8 Å². The van der Waals surface area contributed by atoms with Gasteiger partial charge in [0.05, 0.1) is 54.6 Å². The Morgan fingerprint density at radius 3 is 0.885 bits per heavy atom. The van der Waals surface area contributed by atoms with Crippen molar-refractivity contribution in [1.82, 2.24) is 18.7 Å². The average Bonchev–Trinajstić information content (AvgIpc) is 1.57. The molecule has 0 atom stereocenters. The van der Waals surface area contributed by atoms with Crippen LogP contribution >= 0.6 is 57.1 Å². The van der Waals surface area contributed by atoms with E-state index in [1.54, 1.807) is 22.7 Å². The van der Waals surface area contributed by atoms with Crippen LogP contribution in [0.25, 0.3) is 62.5 Å². The summed E-state index contributed by atoms with van der Waals surface area (Å²) in [5.41, 5.74) is 9.95. The van der Waals surface area contributed by atoms with Crippen molar-refractivity contribution in [3.05, 3.63) is 51.7 Å². The number of nitrogens with zero attached hydrogens (tertiary/aromatic N) is 4. The molecule has 0 radical (unpaired) electrons. The van der Waals surface area contributed by atoms with E-state index in [0.717, 1.165) is 143 Å². The average molecular weight is 1640 g/mol. The zero-order valence-corrected chi connectivity index (χ0v) is 77.1. The van der Waals surface area contributed by atoms with E-state index in [4.69, 9.17) is 32.9 Å². The number of ether oxygens (including phenoxy) is 3. The molecule has 2 aliphatic heterocycles. The summed E-state index contributed by atoms with van der Waals surface area (Å²) in [6.45, 7) is 13.9. The molecule has 0 fully saturated rings. The third-order valence-corrected chi connectivity index (χ3v) is 30.7. The highest BCUT2D eigenvalue weighted by molar-refractivity contribution is 7.26. The number of methoxy groups -OCH3 is 1. The summed E-state index contributed by atoms with van der Waals surface area (Å²) in [4.78, 5) is 33.5. The molecule has 0 unspecified atom stereocenters. The van der Waals surface area contributed by atoms with Crippen LogP contribution in [0.4, 0.5) is 0 Å². The maximum Gasteiger partial charge on any atom is 0.177 e. The molecule has 0 N–H and O–H groups in total. The van der Waals surface area contributed by atoms with Gasteiger partial charge in [0.15, 0.2) is 11.3 Å². The lowest BCUT2D eigenvalue weighted by Crippen LogP contribution is -2.35. The Kier molecular flexibility index (Phi) is 44.9. The smallest absolute Gasteiger partial charge is 0.177 e. The first kappa shape index (κ1) is 93.1. The molecule has 0 aliphatic carbocycles. The second-order valence-corrected chi connectivity index (χ2v) is 39.7. The first-order valence-corrected chi connectivity index (χ1v) is 52.2. The standard InChI is InChI=1S/C100H158N4O4S5/c1-8-14-20-26-32-38-44-50-56-62-68-82-83(69-63-57-51-45-39-33-27-21-15-9-2)102-92-90(87-76-81-96(111-87)98-85(77-88(106-7)112-98)108-100(81,72-66-60-54-48-42-36-30-24-18-12-5)73-67-61-55-49-43-37-31-25-19-13-6)94-93(103-113-104-94)89(91(92)101-82)86-75-80-95(110-86)97-84(74-79(78-105)109-97)107-99(80,70-64-58-52-46-40-34-28-22-16-10-3)71-65-59-53-47-41-35-29-23-17-11-4/h74-78H,8-73H2,1-7H3. The van der Waals surface area contributed by atoms with Crippen LogP contribution in [0, 0.1) is 0 Å². The number of fused-ring (bicyclic) bond motifs is 8. The van der Waals surface area contributed by atoms with E-state index in [1.807, 2.05) is 29.8 Å². The molecular weight excluding hydrogens is 1480 g/mol. The normalized spacial score (nSPS) is 13.4. The van der Waals surface area contributed by atoms with Gasteiger partial charge in [0.2, 0.25) is 0 Å². The number of aromatic nitrogens is 4. The predicted molar refractivity (Wildman–Crippen MR) is 497 cm³/mol. The molecule has 6 aromatic heterocycles. The van der Waals surface area contributed by atoms with E-state index in [0.29, 0.717) is 0 Å². The Balaban J connectivity index is 1.17. The van der Waals surface area contributed by atoms with E-state index in [2.05, 4.69) is 65.8 Å². The topological polar surface area (TPSA) is 96.3 Å². The highest BCUT2D eigenvalue weighted by Gasteiger charge is 2.46. The van der Waals surface area contributed by atoms with E-state index < -0.39 is 11.2 Å². The predicted octanol–water partition coefficient (Wildman–Crippen LogP) is 35.7. The van der Waals surface area contributed by atoms with Gasteiger partial charge in [0, 0.05) is 44.1 Å². The highest BCUT2D eigenvalue weighted by atomic mass is 32.1. The van der Waals surface area contributed by atoms with Crippen LogP contribution in [0.5, 0.6) is 16.6 Å². The number of carbonyl (C=O) groups is 1. The summed E-state index contributed by atoms with van der Waals surface area (Å²) in [5.74, 6) is 1.88. The molecule has 632 valence electrons. The van der Waals surface area contributed by atoms with Gasteiger partial charge in [0.25, 0.3) is 0 Å². The Hall–Kier alpha value is -3.75. The van der Waals surface area contributed by atoms with Crippen LogP contribution in [0.15, 0.2) is 24.3 Å². The molecule has 0 amide bonds. The summed E-state index contributed by atoms with van der Waals surface area (Å²) < 4.78 is 32.7. The fourth-order valence-electron chi connectivity index (χ4n) is 18.6. The van der Waals surface area contributed by atoms with Crippen molar-refractivity contribution in [2.24, 2.45) is 0 Å². The van der Waals surface area contributed by atoms with Crippen molar-refractivity contribution >= 4 is 85.4 Å². The quantitative estimate of drug-likeness (QED) is 0.0275. The van der Waals surface area contributed by atoms with Crippen LogP contribution in [0.2, 0.25) is 0 Å². The SMILES string of the molecule is CCCCCCCCCCCCc1nc2c(-c3cc4c(s3)-c3sc(C=O)cc3OC4(CCCCCCCCCCCC)CCCCCCCCCCCC)c3nsnc3c(-c3cc4c(s3)-c3sc(OC)cc3OC4(CCCCCCCCCCCC)CCCCCCCCCCCC)c2nc1CCCCCCCCCCCC. The molecule has 0 spiro atoms. The van der Waals surface area contributed by atoms with Crippen LogP contribution < -0.4 is 14.2 Å². The molecule has 0 saturated carbocycles. The molecule has 0 saturated heterocycles. The van der Waals surface area contributed by atoms with Crippen molar-refractivity contribution in [2.75, 3.05) is 7.11 Å². The number of aldehydes is 1. The Labute approximate surface area is 710 Å². The molecule has 113 heavy (non-hydrogen) atoms. The molecule has 9 rings (SSSR count). The second kappa shape index (κ2) is 54.4. The van der Waals surface area contributed by atoms with E-state index in [9.17, 15) is 4.79 Å². The van der Waals surface area contributed by atoms with Crippen LogP contribution in [0.3, 0.4) is 0 Å². The first-order valence-electron chi connectivity index (χ1n) is 48.2. The number of thiophene rings is 4. The molecule has 8 heterocycles. The molecule has 8 nitrogen and oxygen atoms in total. The van der Waals surface area contributed by atoms with Gasteiger partial charge in [-0.15, -0.1) is 34.0 Å². The van der Waals surface area contributed by atoms with Gasteiger partial charge >= 0.3 is 0 Å². The number of unbranched alkanes of at least 4 members (excludes halogenated alkanes) is 54. The van der Waals surface area contributed by atoms with E-state index in [1.165, 1.54) is 405 Å². The van der Waals surface area contributed by atoms with Crippen molar-refractivity contribution in [3.63, 3.8) is 0 Å². The molecule has 2 aliphatic rings. The summed E-state index contributed by atoms with van der Waals surface area (Å²) in [5, 5.41) is 0.903. The van der Waals surface area contributed by atoms with E-state index >= 15 is 0 Å². The minimum atomic E-state index is -0.530. The number of aryl methyl sites for hydroxylation is 2. The Morgan fingerprint density at radius 2 is 0.593 bits per heavy atom. The number of carbonyl (C=O) groups excluding carboxylic acids is 1. The summed E-state index contributed by atoms with van der Waals surface area (Å²) in [6.07, 6.45) is 84.9.